The van der Waals surface area contributed by atoms with Crippen LogP contribution in [-0.4, -0.2) is 72.0 Å². The quantitative estimate of drug-likeness (QED) is 0.593. The Morgan fingerprint density at radius 1 is 0.919 bits per heavy atom. The second-order valence-corrected chi connectivity index (χ2v) is 11.7. The molecular weight excluding hydrogens is 470 g/mol. The van der Waals surface area contributed by atoms with Gasteiger partial charge in [-0.1, -0.05) is 6.42 Å². The second-order valence-electron chi connectivity index (χ2n) is 11.7. The summed E-state index contributed by atoms with van der Waals surface area (Å²) < 4.78 is 12.2. The highest BCUT2D eigenvalue weighted by Gasteiger charge is 2.43. The summed E-state index contributed by atoms with van der Waals surface area (Å²) in [5.74, 6) is 1.67. The summed E-state index contributed by atoms with van der Waals surface area (Å²) in [6, 6.07) is 5.59. The zero-order valence-electron chi connectivity index (χ0n) is 21.8. The molecule has 1 aromatic rings. The highest BCUT2D eigenvalue weighted by molar-refractivity contribution is 6.05. The number of amides is 3. The average molecular weight is 510 g/mol. The summed E-state index contributed by atoms with van der Waals surface area (Å²) in [4.78, 5) is 41.1. The highest BCUT2D eigenvalue weighted by atomic mass is 16.5. The van der Waals surface area contributed by atoms with Gasteiger partial charge in [-0.15, -0.1) is 0 Å². The van der Waals surface area contributed by atoms with E-state index in [-0.39, 0.29) is 30.2 Å². The molecule has 200 valence electrons. The van der Waals surface area contributed by atoms with Gasteiger partial charge in [0.25, 0.3) is 5.91 Å². The van der Waals surface area contributed by atoms with E-state index in [1.165, 1.54) is 58.0 Å². The number of nitrogens with zero attached hydrogens (tertiary/aromatic N) is 2. The van der Waals surface area contributed by atoms with E-state index in [1.54, 1.807) is 4.90 Å². The maximum atomic E-state index is 13.0. The molecule has 0 spiro atoms. The highest BCUT2D eigenvalue weighted by Crippen LogP contribution is 2.39. The molecule has 5 aliphatic rings. The first-order chi connectivity index (χ1) is 18.0. The van der Waals surface area contributed by atoms with Gasteiger partial charge in [-0.3, -0.25) is 24.6 Å². The summed E-state index contributed by atoms with van der Waals surface area (Å²) in [5.41, 5.74) is 1.53. The lowest BCUT2D eigenvalue weighted by Gasteiger charge is -2.51. The Morgan fingerprint density at radius 3 is 2.46 bits per heavy atom. The minimum atomic E-state index is -0.589. The normalized spacial score (nSPS) is 33.2. The molecule has 2 saturated carbocycles. The van der Waals surface area contributed by atoms with Gasteiger partial charge < -0.3 is 14.4 Å². The molecule has 1 unspecified atom stereocenters. The Kier molecular flexibility index (Phi) is 6.97. The van der Waals surface area contributed by atoms with Crippen molar-refractivity contribution in [3.63, 3.8) is 0 Å². The van der Waals surface area contributed by atoms with Gasteiger partial charge in [0.05, 0.1) is 6.10 Å². The number of methoxy groups -OCH3 is 1. The van der Waals surface area contributed by atoms with Crippen molar-refractivity contribution >= 4 is 17.7 Å². The summed E-state index contributed by atoms with van der Waals surface area (Å²) in [5, 5.41) is 2.37. The molecule has 37 heavy (non-hydrogen) atoms. The third-order valence-electron chi connectivity index (χ3n) is 9.58. The SMILES string of the molecule is COC1CCC(C2CN([C@@H]3CCCC[C@@H]3Oc3ccc4c(c3)CN(C3CCC(=O)NC3=O)C4=O)C2)CC1. The predicted molar refractivity (Wildman–Crippen MR) is 137 cm³/mol. The standard InChI is InChI=1S/C29H39N3O5/c1-36-21-8-6-18(7-9-21)20-15-31(16-20)24-4-2-3-5-26(24)37-22-10-11-23-19(14-22)17-32(29(23)35)25-12-13-27(33)30-28(25)34/h10-11,14,18,20-21,24-26H,2-9,12-13,15-17H2,1H3,(H,30,33,34)/t18?,21?,24-,25?,26+/m1/s1. The van der Waals surface area contributed by atoms with E-state index in [9.17, 15) is 14.4 Å². The van der Waals surface area contributed by atoms with Crippen molar-refractivity contribution in [3.05, 3.63) is 29.3 Å². The number of likely N-dealkylation sites (tertiary alicyclic amines) is 1. The molecule has 3 amide bonds. The van der Waals surface area contributed by atoms with Crippen molar-refractivity contribution in [2.75, 3.05) is 20.2 Å². The van der Waals surface area contributed by atoms with Crippen LogP contribution in [0.4, 0.5) is 0 Å². The zero-order chi connectivity index (χ0) is 25.5. The molecule has 4 fully saturated rings. The molecule has 6 rings (SSSR count). The maximum Gasteiger partial charge on any atom is 0.255 e. The fourth-order valence-corrected chi connectivity index (χ4v) is 7.34. The lowest BCUT2D eigenvalue weighted by Crippen LogP contribution is -2.59. The number of imide groups is 1. The number of rotatable bonds is 6. The predicted octanol–water partition coefficient (Wildman–Crippen LogP) is 3.27. The molecule has 3 atom stereocenters. The van der Waals surface area contributed by atoms with E-state index in [0.717, 1.165) is 29.6 Å². The molecule has 0 radical (unpaired) electrons. The fraction of sp³-hybridized carbons (Fsp3) is 0.690. The number of fused-ring (bicyclic) bond motifs is 1. The Bertz CT molecular complexity index is 1050. The van der Waals surface area contributed by atoms with Crippen LogP contribution in [0.15, 0.2) is 18.2 Å². The number of hydrogen-bond donors (Lipinski definition) is 1. The van der Waals surface area contributed by atoms with E-state index in [4.69, 9.17) is 9.47 Å². The van der Waals surface area contributed by atoms with Crippen molar-refractivity contribution < 1.29 is 23.9 Å². The second kappa shape index (κ2) is 10.4. The molecule has 1 aromatic carbocycles. The first kappa shape index (κ1) is 24.9. The average Bonchev–Trinajstić information content (AvgIpc) is 3.20. The summed E-state index contributed by atoms with van der Waals surface area (Å²) in [6.45, 7) is 2.75. The summed E-state index contributed by atoms with van der Waals surface area (Å²) >= 11 is 0. The van der Waals surface area contributed by atoms with Crippen LogP contribution in [0.1, 0.15) is 80.1 Å². The Balaban J connectivity index is 1.07. The van der Waals surface area contributed by atoms with Crippen LogP contribution in [0.2, 0.25) is 0 Å². The molecule has 2 aliphatic carbocycles. The van der Waals surface area contributed by atoms with Crippen LogP contribution >= 0.6 is 0 Å². The molecular formula is C29H39N3O5. The lowest BCUT2D eigenvalue weighted by molar-refractivity contribution is -0.136. The largest absolute Gasteiger partial charge is 0.489 e. The van der Waals surface area contributed by atoms with Gasteiger partial charge in [-0.05, 0) is 87.0 Å². The minimum Gasteiger partial charge on any atom is -0.489 e. The van der Waals surface area contributed by atoms with E-state index >= 15 is 0 Å². The first-order valence-corrected chi connectivity index (χ1v) is 14.2. The lowest BCUT2D eigenvalue weighted by atomic mass is 9.74. The summed E-state index contributed by atoms with van der Waals surface area (Å²) in [7, 11) is 1.84. The minimum absolute atomic E-state index is 0.141. The van der Waals surface area contributed by atoms with Crippen LogP contribution in [0, 0.1) is 11.8 Å². The Labute approximate surface area is 219 Å². The molecule has 0 aromatic heterocycles. The fourth-order valence-electron chi connectivity index (χ4n) is 7.34. The van der Waals surface area contributed by atoms with Crippen molar-refractivity contribution in [2.45, 2.75) is 95.0 Å². The van der Waals surface area contributed by atoms with E-state index in [1.807, 2.05) is 25.3 Å². The molecule has 8 heteroatoms. The number of ether oxygens (including phenoxy) is 2. The Morgan fingerprint density at radius 2 is 1.70 bits per heavy atom. The zero-order valence-corrected chi connectivity index (χ0v) is 21.8. The van der Waals surface area contributed by atoms with Crippen LogP contribution in [0.5, 0.6) is 5.75 Å². The molecule has 1 N–H and O–H groups in total. The number of hydrogen-bond acceptors (Lipinski definition) is 6. The van der Waals surface area contributed by atoms with Gasteiger partial charge in [0.15, 0.2) is 0 Å². The maximum absolute atomic E-state index is 13.0. The molecule has 3 heterocycles. The van der Waals surface area contributed by atoms with E-state index in [2.05, 4.69) is 10.2 Å². The van der Waals surface area contributed by atoms with Gasteiger partial charge in [0.1, 0.15) is 17.9 Å². The van der Waals surface area contributed by atoms with Gasteiger partial charge in [-0.25, -0.2) is 0 Å². The number of piperidine rings is 1. The van der Waals surface area contributed by atoms with E-state index < -0.39 is 6.04 Å². The number of nitrogens with one attached hydrogen (secondary N) is 1. The molecule has 0 bridgehead atoms. The smallest absolute Gasteiger partial charge is 0.255 e. The molecule has 3 aliphatic heterocycles. The molecule has 8 nitrogen and oxygen atoms in total. The van der Waals surface area contributed by atoms with Crippen molar-refractivity contribution in [2.24, 2.45) is 11.8 Å². The van der Waals surface area contributed by atoms with Crippen molar-refractivity contribution in [1.29, 1.82) is 0 Å². The van der Waals surface area contributed by atoms with Crippen LogP contribution in [-0.2, 0) is 20.9 Å². The van der Waals surface area contributed by atoms with Gasteiger partial charge in [0.2, 0.25) is 11.8 Å². The third kappa shape index (κ3) is 4.90. The van der Waals surface area contributed by atoms with Crippen molar-refractivity contribution in [1.82, 2.24) is 15.1 Å². The third-order valence-corrected chi connectivity index (χ3v) is 9.58. The van der Waals surface area contributed by atoms with Crippen LogP contribution in [0.3, 0.4) is 0 Å². The van der Waals surface area contributed by atoms with Gasteiger partial charge >= 0.3 is 0 Å². The molecule has 2 saturated heterocycles. The van der Waals surface area contributed by atoms with Crippen LogP contribution in [0.25, 0.3) is 0 Å². The van der Waals surface area contributed by atoms with Crippen molar-refractivity contribution in [3.8, 4) is 5.75 Å². The monoisotopic (exact) mass is 509 g/mol. The Hall–Kier alpha value is -2.45. The van der Waals surface area contributed by atoms with Crippen LogP contribution < -0.4 is 10.1 Å². The topological polar surface area (TPSA) is 88.2 Å². The summed E-state index contributed by atoms with van der Waals surface area (Å²) in [6.07, 6.45) is 10.9. The number of carbonyl (C=O) groups is 3. The van der Waals surface area contributed by atoms with E-state index in [0.29, 0.717) is 30.7 Å². The first-order valence-electron chi connectivity index (χ1n) is 14.2. The number of benzene rings is 1. The van der Waals surface area contributed by atoms with Gasteiger partial charge in [0, 0.05) is 44.8 Å². The van der Waals surface area contributed by atoms with Gasteiger partial charge in [-0.2, -0.15) is 0 Å². The number of carbonyl (C=O) groups excluding carboxylic acids is 3.